The van der Waals surface area contributed by atoms with Gasteiger partial charge in [-0.25, -0.2) is 4.98 Å². The summed E-state index contributed by atoms with van der Waals surface area (Å²) in [4.78, 5) is 6.94. The van der Waals surface area contributed by atoms with Gasteiger partial charge in [0.2, 0.25) is 0 Å². The maximum atomic E-state index is 6.03. The Bertz CT molecular complexity index is 620. The van der Waals surface area contributed by atoms with Crippen molar-refractivity contribution in [3.8, 4) is 0 Å². The van der Waals surface area contributed by atoms with Crippen LogP contribution in [0.5, 0.6) is 0 Å². The molecule has 2 aromatic heterocycles. The van der Waals surface area contributed by atoms with Crippen LogP contribution in [0.25, 0.3) is 0 Å². The van der Waals surface area contributed by atoms with Crippen molar-refractivity contribution in [2.75, 3.05) is 19.8 Å². The monoisotopic (exact) mass is 318 g/mol. The van der Waals surface area contributed by atoms with Crippen LogP contribution >= 0.6 is 11.3 Å². The molecule has 4 rings (SSSR count). The minimum Gasteiger partial charge on any atom is -0.379 e. The Morgan fingerprint density at radius 2 is 2.27 bits per heavy atom. The van der Waals surface area contributed by atoms with Gasteiger partial charge in [-0.05, 0) is 30.7 Å². The minimum absolute atomic E-state index is 0.291. The molecule has 1 atom stereocenters. The van der Waals surface area contributed by atoms with Crippen LogP contribution < -0.4 is 0 Å². The molecule has 0 spiro atoms. The van der Waals surface area contributed by atoms with Crippen molar-refractivity contribution in [1.82, 2.24) is 19.7 Å². The van der Waals surface area contributed by atoms with E-state index in [4.69, 9.17) is 4.74 Å². The summed E-state index contributed by atoms with van der Waals surface area (Å²) in [5.41, 5.74) is 2.69. The van der Waals surface area contributed by atoms with Gasteiger partial charge < -0.3 is 4.74 Å². The van der Waals surface area contributed by atoms with Gasteiger partial charge in [0, 0.05) is 31.8 Å². The van der Waals surface area contributed by atoms with E-state index in [0.29, 0.717) is 6.04 Å². The number of rotatable bonds is 6. The summed E-state index contributed by atoms with van der Waals surface area (Å²) in [6, 6.07) is 0.291. The molecule has 1 aliphatic heterocycles. The average Bonchev–Trinajstić information content (AvgIpc) is 3.05. The van der Waals surface area contributed by atoms with Crippen LogP contribution in [-0.4, -0.2) is 39.4 Å². The Labute approximate surface area is 134 Å². The predicted octanol–water partition coefficient (Wildman–Crippen LogP) is 2.40. The van der Waals surface area contributed by atoms with E-state index in [1.807, 2.05) is 29.5 Å². The quantitative estimate of drug-likeness (QED) is 0.820. The van der Waals surface area contributed by atoms with E-state index in [0.717, 1.165) is 38.6 Å². The van der Waals surface area contributed by atoms with Crippen LogP contribution in [0.3, 0.4) is 0 Å². The van der Waals surface area contributed by atoms with Gasteiger partial charge in [-0.3, -0.25) is 9.58 Å². The molecule has 1 fully saturated rings. The van der Waals surface area contributed by atoms with Crippen LogP contribution in [0.2, 0.25) is 0 Å². The first-order valence-corrected chi connectivity index (χ1v) is 8.90. The van der Waals surface area contributed by atoms with E-state index in [1.165, 1.54) is 29.1 Å². The number of hydrogen-bond donors (Lipinski definition) is 0. The molecule has 0 N–H and O–H groups in total. The van der Waals surface area contributed by atoms with Crippen molar-refractivity contribution in [1.29, 1.82) is 0 Å². The van der Waals surface area contributed by atoms with Crippen LogP contribution in [0.15, 0.2) is 17.8 Å². The molecule has 0 aromatic carbocycles. The van der Waals surface area contributed by atoms with Gasteiger partial charge in [-0.1, -0.05) is 0 Å². The summed E-state index contributed by atoms with van der Waals surface area (Å²) in [5, 5.41) is 7.68. The fourth-order valence-electron chi connectivity index (χ4n) is 3.22. The standard InChI is InChI=1S/C16H22N4OS/c1-19-16-13(8-18-19)4-6-20(9-15-17-5-7-22-15)14(16)11-21-10-12-2-3-12/h5,7-8,12,14H,2-4,6,9-11H2,1H3/t14-/m0/s1. The fraction of sp³-hybridized carbons (Fsp3) is 0.625. The molecule has 22 heavy (non-hydrogen) atoms. The summed E-state index contributed by atoms with van der Waals surface area (Å²) in [5.74, 6) is 0.807. The fourth-order valence-corrected chi connectivity index (χ4v) is 3.86. The Morgan fingerprint density at radius 1 is 1.36 bits per heavy atom. The highest BCUT2D eigenvalue weighted by Crippen LogP contribution is 2.33. The van der Waals surface area contributed by atoms with Crippen molar-refractivity contribution in [3.05, 3.63) is 34.0 Å². The smallest absolute Gasteiger partial charge is 0.107 e. The maximum absolute atomic E-state index is 6.03. The number of nitrogens with zero attached hydrogens (tertiary/aromatic N) is 4. The first-order valence-electron chi connectivity index (χ1n) is 8.02. The zero-order chi connectivity index (χ0) is 14.9. The Hall–Kier alpha value is -1.24. The lowest BCUT2D eigenvalue weighted by molar-refractivity contribution is 0.0412. The number of hydrogen-bond acceptors (Lipinski definition) is 5. The van der Waals surface area contributed by atoms with Crippen LogP contribution in [0.4, 0.5) is 0 Å². The number of ether oxygens (including phenoxy) is 1. The molecule has 6 heteroatoms. The molecule has 5 nitrogen and oxygen atoms in total. The molecular formula is C16H22N4OS. The van der Waals surface area contributed by atoms with Gasteiger partial charge >= 0.3 is 0 Å². The van der Waals surface area contributed by atoms with E-state index in [1.54, 1.807) is 11.3 Å². The van der Waals surface area contributed by atoms with Crippen LogP contribution in [0.1, 0.15) is 35.1 Å². The second-order valence-corrected chi connectivity index (χ2v) is 7.30. The van der Waals surface area contributed by atoms with E-state index in [-0.39, 0.29) is 0 Å². The van der Waals surface area contributed by atoms with Gasteiger partial charge in [0.15, 0.2) is 0 Å². The molecule has 0 saturated heterocycles. The molecule has 0 amide bonds. The molecule has 0 radical (unpaired) electrons. The van der Waals surface area contributed by atoms with Crippen LogP contribution in [0, 0.1) is 5.92 Å². The Balaban J connectivity index is 1.52. The lowest BCUT2D eigenvalue weighted by Crippen LogP contribution is -2.38. The SMILES string of the molecule is Cn1ncc2c1[C@H](COCC1CC1)N(Cc1nccs1)CC2. The molecule has 0 unspecified atom stereocenters. The third-order valence-electron chi connectivity index (χ3n) is 4.64. The highest BCUT2D eigenvalue weighted by atomic mass is 32.1. The van der Waals surface area contributed by atoms with E-state index in [2.05, 4.69) is 15.0 Å². The van der Waals surface area contributed by atoms with Gasteiger partial charge in [0.05, 0.1) is 31.1 Å². The normalized spacial score (nSPS) is 22.0. The first kappa shape index (κ1) is 14.4. The van der Waals surface area contributed by atoms with Crippen molar-refractivity contribution in [3.63, 3.8) is 0 Å². The van der Waals surface area contributed by atoms with Crippen molar-refractivity contribution in [2.45, 2.75) is 31.8 Å². The molecule has 118 valence electrons. The lowest BCUT2D eigenvalue weighted by atomic mass is 10.0. The first-order chi connectivity index (χ1) is 10.8. The number of thiazole rings is 1. The van der Waals surface area contributed by atoms with Crippen molar-refractivity contribution >= 4 is 11.3 Å². The largest absolute Gasteiger partial charge is 0.379 e. The lowest BCUT2D eigenvalue weighted by Gasteiger charge is -2.35. The van der Waals surface area contributed by atoms with Gasteiger partial charge in [-0.15, -0.1) is 11.3 Å². The molecule has 2 aliphatic rings. The zero-order valence-corrected chi connectivity index (χ0v) is 13.8. The third kappa shape index (κ3) is 2.95. The molecule has 3 heterocycles. The number of aryl methyl sites for hydroxylation is 1. The average molecular weight is 318 g/mol. The zero-order valence-electron chi connectivity index (χ0n) is 12.9. The summed E-state index contributed by atoms with van der Waals surface area (Å²) >= 11 is 1.73. The molecule has 2 aromatic rings. The highest BCUT2D eigenvalue weighted by molar-refractivity contribution is 7.09. The Kier molecular flexibility index (Phi) is 3.98. The van der Waals surface area contributed by atoms with E-state index >= 15 is 0 Å². The minimum atomic E-state index is 0.291. The molecule has 0 bridgehead atoms. The molecular weight excluding hydrogens is 296 g/mol. The predicted molar refractivity (Wildman–Crippen MR) is 85.7 cm³/mol. The summed E-state index contributed by atoms with van der Waals surface area (Å²) < 4.78 is 8.05. The van der Waals surface area contributed by atoms with Gasteiger partial charge in [0.1, 0.15) is 5.01 Å². The second kappa shape index (κ2) is 6.10. The van der Waals surface area contributed by atoms with Crippen molar-refractivity contribution in [2.24, 2.45) is 13.0 Å². The summed E-state index contributed by atoms with van der Waals surface area (Å²) in [6.45, 7) is 3.62. The molecule has 1 aliphatic carbocycles. The number of aromatic nitrogens is 3. The maximum Gasteiger partial charge on any atom is 0.107 e. The van der Waals surface area contributed by atoms with E-state index in [9.17, 15) is 0 Å². The molecule has 1 saturated carbocycles. The van der Waals surface area contributed by atoms with Gasteiger partial charge in [0.25, 0.3) is 0 Å². The van der Waals surface area contributed by atoms with Crippen LogP contribution in [-0.2, 0) is 24.8 Å². The van der Waals surface area contributed by atoms with E-state index < -0.39 is 0 Å². The summed E-state index contributed by atoms with van der Waals surface area (Å²) in [7, 11) is 2.04. The Morgan fingerprint density at radius 3 is 3.05 bits per heavy atom. The number of fused-ring (bicyclic) bond motifs is 1. The van der Waals surface area contributed by atoms with Crippen molar-refractivity contribution < 1.29 is 4.74 Å². The second-order valence-electron chi connectivity index (χ2n) is 6.32. The highest BCUT2D eigenvalue weighted by Gasteiger charge is 2.32. The van der Waals surface area contributed by atoms with Gasteiger partial charge in [-0.2, -0.15) is 5.10 Å². The third-order valence-corrected chi connectivity index (χ3v) is 5.40. The summed E-state index contributed by atoms with van der Waals surface area (Å²) in [6.07, 6.45) is 7.64. The topological polar surface area (TPSA) is 43.2 Å².